The summed E-state index contributed by atoms with van der Waals surface area (Å²) >= 11 is 0. The lowest BCUT2D eigenvalue weighted by Crippen LogP contribution is -2.00. The van der Waals surface area contributed by atoms with E-state index in [4.69, 9.17) is 0 Å². The van der Waals surface area contributed by atoms with Crippen LogP contribution in [-0.4, -0.2) is 0 Å². The van der Waals surface area contributed by atoms with Gasteiger partial charge in [-0.3, -0.25) is 0 Å². The fourth-order valence-corrected chi connectivity index (χ4v) is 4.73. The SMILES string of the molecule is CC(C)(C)/C=C\c1cc(-c2ccccc2)c(-c2ccccc2)c(-c2ccccc2)c1-c1ccccc1. The molecule has 36 heavy (non-hydrogen) atoms. The van der Waals surface area contributed by atoms with Crippen molar-refractivity contribution in [3.05, 3.63) is 139 Å². The van der Waals surface area contributed by atoms with Gasteiger partial charge in [-0.05, 0) is 61.6 Å². The van der Waals surface area contributed by atoms with Crippen LogP contribution in [0.5, 0.6) is 0 Å². The lowest BCUT2D eigenvalue weighted by molar-refractivity contribution is 0.547. The molecule has 0 aliphatic rings. The quantitative estimate of drug-likeness (QED) is 0.243. The molecule has 5 aromatic carbocycles. The van der Waals surface area contributed by atoms with E-state index in [9.17, 15) is 0 Å². The number of allylic oxidation sites excluding steroid dienone is 1. The van der Waals surface area contributed by atoms with Crippen molar-refractivity contribution in [3.8, 4) is 44.5 Å². The Labute approximate surface area is 215 Å². The molecule has 5 aromatic rings. The average Bonchev–Trinajstić information content (AvgIpc) is 2.92. The van der Waals surface area contributed by atoms with E-state index in [0.717, 1.165) is 0 Å². The molecule has 0 bridgehead atoms. The molecule has 0 saturated carbocycles. The predicted octanol–water partition coefficient (Wildman–Crippen LogP) is 10.4. The van der Waals surface area contributed by atoms with Crippen LogP contribution in [0.3, 0.4) is 0 Å². The molecule has 0 unspecified atom stereocenters. The second kappa shape index (κ2) is 10.2. The minimum absolute atomic E-state index is 0.0753. The molecular weight excluding hydrogens is 432 g/mol. The van der Waals surface area contributed by atoms with Crippen LogP contribution in [0.4, 0.5) is 0 Å². The Balaban J connectivity index is 1.98. The van der Waals surface area contributed by atoms with E-state index in [1.807, 2.05) is 0 Å². The number of benzene rings is 5. The fraction of sp³-hybridized carbons (Fsp3) is 0.111. The van der Waals surface area contributed by atoms with Crippen molar-refractivity contribution in [2.24, 2.45) is 5.41 Å². The van der Waals surface area contributed by atoms with Crippen LogP contribution in [0.1, 0.15) is 26.3 Å². The summed E-state index contributed by atoms with van der Waals surface area (Å²) < 4.78 is 0. The van der Waals surface area contributed by atoms with Crippen molar-refractivity contribution < 1.29 is 0 Å². The third kappa shape index (κ3) is 5.09. The average molecular weight is 465 g/mol. The normalized spacial score (nSPS) is 11.6. The van der Waals surface area contributed by atoms with E-state index in [-0.39, 0.29) is 5.41 Å². The molecule has 0 N–H and O–H groups in total. The van der Waals surface area contributed by atoms with Gasteiger partial charge in [-0.25, -0.2) is 0 Å². The zero-order valence-electron chi connectivity index (χ0n) is 21.3. The lowest BCUT2D eigenvalue weighted by Gasteiger charge is -2.23. The molecule has 0 radical (unpaired) electrons. The summed E-state index contributed by atoms with van der Waals surface area (Å²) in [6.07, 6.45) is 4.64. The first-order valence-electron chi connectivity index (χ1n) is 12.6. The van der Waals surface area contributed by atoms with Crippen molar-refractivity contribution in [2.45, 2.75) is 20.8 Å². The molecule has 0 aliphatic heterocycles. The van der Waals surface area contributed by atoms with Gasteiger partial charge in [0.2, 0.25) is 0 Å². The van der Waals surface area contributed by atoms with Gasteiger partial charge in [0.05, 0.1) is 0 Å². The molecule has 0 heteroatoms. The van der Waals surface area contributed by atoms with E-state index in [1.165, 1.54) is 50.1 Å². The lowest BCUT2D eigenvalue weighted by atomic mass is 9.80. The maximum Gasteiger partial charge on any atom is -0.00145 e. The molecule has 0 aromatic heterocycles. The highest BCUT2D eigenvalue weighted by Gasteiger charge is 2.22. The summed E-state index contributed by atoms with van der Waals surface area (Å²) in [5.41, 5.74) is 11.2. The van der Waals surface area contributed by atoms with Crippen LogP contribution in [0, 0.1) is 5.41 Å². The molecule has 176 valence electrons. The molecule has 0 nitrogen and oxygen atoms in total. The summed E-state index contributed by atoms with van der Waals surface area (Å²) in [5, 5.41) is 0. The van der Waals surface area contributed by atoms with E-state index in [0.29, 0.717) is 0 Å². The standard InChI is InChI=1S/C36H32/c1-36(2,3)25-24-31-26-32(27-16-8-4-9-17-27)34(29-20-12-6-13-21-29)35(30-22-14-7-15-23-30)33(31)28-18-10-5-11-19-28/h4-26H,1-3H3/b25-24-. The van der Waals surface area contributed by atoms with Gasteiger partial charge in [-0.1, -0.05) is 154 Å². The Hall–Kier alpha value is -4.16. The first kappa shape index (κ1) is 23.6. The van der Waals surface area contributed by atoms with Gasteiger partial charge in [0.1, 0.15) is 0 Å². The highest BCUT2D eigenvalue weighted by Crippen LogP contribution is 2.47. The Kier molecular flexibility index (Phi) is 6.69. The summed E-state index contributed by atoms with van der Waals surface area (Å²) in [4.78, 5) is 0. The van der Waals surface area contributed by atoms with Crippen molar-refractivity contribution in [2.75, 3.05) is 0 Å². The minimum atomic E-state index is 0.0753. The fourth-order valence-electron chi connectivity index (χ4n) is 4.73. The largest absolute Gasteiger partial charge is 0.0785 e. The maximum absolute atomic E-state index is 2.38. The van der Waals surface area contributed by atoms with Crippen molar-refractivity contribution in [3.63, 3.8) is 0 Å². The second-order valence-electron chi connectivity index (χ2n) is 10.3. The third-order valence-corrected chi connectivity index (χ3v) is 6.39. The van der Waals surface area contributed by atoms with Gasteiger partial charge in [0, 0.05) is 0 Å². The van der Waals surface area contributed by atoms with Crippen LogP contribution in [0.15, 0.2) is 133 Å². The van der Waals surface area contributed by atoms with Crippen molar-refractivity contribution in [1.29, 1.82) is 0 Å². The zero-order chi connectivity index (χ0) is 25.0. The van der Waals surface area contributed by atoms with E-state index < -0.39 is 0 Å². The molecular formula is C36H32. The molecule has 0 fully saturated rings. The highest BCUT2D eigenvalue weighted by atomic mass is 14.2. The van der Waals surface area contributed by atoms with Crippen molar-refractivity contribution >= 4 is 6.08 Å². The van der Waals surface area contributed by atoms with Crippen LogP contribution in [-0.2, 0) is 0 Å². The number of hydrogen-bond donors (Lipinski definition) is 0. The van der Waals surface area contributed by atoms with E-state index in [2.05, 4.69) is 160 Å². The summed E-state index contributed by atoms with van der Waals surface area (Å²) in [6.45, 7) is 6.75. The topological polar surface area (TPSA) is 0 Å². The zero-order valence-corrected chi connectivity index (χ0v) is 21.3. The molecule has 5 rings (SSSR count). The van der Waals surface area contributed by atoms with Crippen LogP contribution in [0.25, 0.3) is 50.6 Å². The molecule has 0 atom stereocenters. The van der Waals surface area contributed by atoms with Gasteiger partial charge in [0.25, 0.3) is 0 Å². The van der Waals surface area contributed by atoms with Gasteiger partial charge in [0.15, 0.2) is 0 Å². The molecule has 0 spiro atoms. The smallest absolute Gasteiger partial charge is 0.00145 e. The first-order chi connectivity index (χ1) is 17.5. The third-order valence-electron chi connectivity index (χ3n) is 6.39. The van der Waals surface area contributed by atoms with Crippen LogP contribution >= 0.6 is 0 Å². The summed E-state index contributed by atoms with van der Waals surface area (Å²) in [5.74, 6) is 0. The molecule has 0 saturated heterocycles. The Morgan fingerprint density at radius 3 is 1.28 bits per heavy atom. The van der Waals surface area contributed by atoms with E-state index in [1.54, 1.807) is 0 Å². The van der Waals surface area contributed by atoms with Crippen LogP contribution in [0.2, 0.25) is 0 Å². The van der Waals surface area contributed by atoms with Gasteiger partial charge < -0.3 is 0 Å². The minimum Gasteiger partial charge on any atom is -0.0785 e. The second-order valence-corrected chi connectivity index (χ2v) is 10.3. The number of hydrogen-bond acceptors (Lipinski definition) is 0. The Bertz CT molecular complexity index is 1450. The van der Waals surface area contributed by atoms with E-state index >= 15 is 0 Å². The predicted molar refractivity (Wildman–Crippen MR) is 157 cm³/mol. The number of rotatable bonds is 5. The first-order valence-corrected chi connectivity index (χ1v) is 12.6. The molecule has 0 amide bonds. The Morgan fingerprint density at radius 2 is 0.833 bits per heavy atom. The summed E-state index contributed by atoms with van der Waals surface area (Å²) in [6, 6.07) is 45.6. The van der Waals surface area contributed by atoms with Crippen molar-refractivity contribution in [1.82, 2.24) is 0 Å². The van der Waals surface area contributed by atoms with Crippen LogP contribution < -0.4 is 0 Å². The Morgan fingerprint density at radius 1 is 0.444 bits per heavy atom. The van der Waals surface area contributed by atoms with Gasteiger partial charge in [-0.2, -0.15) is 0 Å². The van der Waals surface area contributed by atoms with Gasteiger partial charge >= 0.3 is 0 Å². The summed E-state index contributed by atoms with van der Waals surface area (Å²) in [7, 11) is 0. The highest BCUT2D eigenvalue weighted by molar-refractivity contribution is 6.04. The maximum atomic E-state index is 2.38. The van der Waals surface area contributed by atoms with Gasteiger partial charge in [-0.15, -0.1) is 0 Å². The monoisotopic (exact) mass is 464 g/mol. The molecule has 0 heterocycles. The molecule has 0 aliphatic carbocycles.